The van der Waals surface area contributed by atoms with Crippen LogP contribution in [-0.2, 0) is 0 Å². The van der Waals surface area contributed by atoms with Gasteiger partial charge in [0.2, 0.25) is 0 Å². The lowest BCUT2D eigenvalue weighted by Gasteiger charge is -2.09. The Labute approximate surface area is 57.6 Å². The second kappa shape index (κ2) is 2.35. The van der Waals surface area contributed by atoms with E-state index < -0.39 is 0 Å². The van der Waals surface area contributed by atoms with Crippen LogP contribution in [0.4, 0.5) is 0 Å². The molecule has 44 valence electrons. The molecule has 8 heavy (non-hydrogen) atoms. The molecule has 1 N–H and O–H groups in total. The van der Waals surface area contributed by atoms with E-state index in [1.807, 2.05) is 12.3 Å². The van der Waals surface area contributed by atoms with Gasteiger partial charge in [-0.2, -0.15) is 0 Å². The van der Waals surface area contributed by atoms with Crippen LogP contribution in [0.5, 0.6) is 0 Å². The lowest BCUT2D eigenvalue weighted by atomic mass is 10.2. The third-order valence-corrected chi connectivity index (χ3v) is 1.52. The van der Waals surface area contributed by atoms with Crippen LogP contribution in [0, 0.1) is 0 Å². The van der Waals surface area contributed by atoms with Gasteiger partial charge in [0.05, 0.1) is 0 Å². The molecule has 1 aliphatic heterocycles. The molecule has 1 heterocycles. The highest BCUT2D eigenvalue weighted by Gasteiger charge is 1.96. The SMILES string of the molecule is CC1C=CC(Br)=CN1. The summed E-state index contributed by atoms with van der Waals surface area (Å²) in [7, 11) is 0. The average molecular weight is 174 g/mol. The van der Waals surface area contributed by atoms with Crippen LogP contribution in [0.15, 0.2) is 22.8 Å². The predicted molar refractivity (Wildman–Crippen MR) is 38.7 cm³/mol. The minimum Gasteiger partial charge on any atom is -0.384 e. The van der Waals surface area contributed by atoms with Gasteiger partial charge < -0.3 is 5.32 Å². The minimum absolute atomic E-state index is 0.483. The summed E-state index contributed by atoms with van der Waals surface area (Å²) in [4.78, 5) is 0. The van der Waals surface area contributed by atoms with Gasteiger partial charge in [0, 0.05) is 16.7 Å². The molecule has 0 aliphatic carbocycles. The van der Waals surface area contributed by atoms with Gasteiger partial charge in [0.15, 0.2) is 0 Å². The van der Waals surface area contributed by atoms with Crippen LogP contribution in [0.2, 0.25) is 0 Å². The highest BCUT2D eigenvalue weighted by Crippen LogP contribution is 2.09. The summed E-state index contributed by atoms with van der Waals surface area (Å²) in [6.07, 6.45) is 6.09. The van der Waals surface area contributed by atoms with Crippen LogP contribution in [0.1, 0.15) is 6.92 Å². The molecule has 0 saturated carbocycles. The van der Waals surface area contributed by atoms with Crippen molar-refractivity contribution < 1.29 is 0 Å². The van der Waals surface area contributed by atoms with Crippen molar-refractivity contribution in [3.05, 3.63) is 22.8 Å². The van der Waals surface area contributed by atoms with Gasteiger partial charge in [0.25, 0.3) is 0 Å². The van der Waals surface area contributed by atoms with Gasteiger partial charge in [-0.15, -0.1) is 0 Å². The monoisotopic (exact) mass is 173 g/mol. The number of hydrogen-bond acceptors (Lipinski definition) is 1. The molecule has 0 aromatic heterocycles. The fourth-order valence-corrected chi connectivity index (χ4v) is 0.836. The van der Waals surface area contributed by atoms with Crippen LogP contribution < -0.4 is 5.32 Å². The van der Waals surface area contributed by atoms with Crippen LogP contribution >= 0.6 is 15.9 Å². The summed E-state index contributed by atoms with van der Waals surface area (Å²) in [6, 6.07) is 0.483. The molecule has 1 atom stereocenters. The summed E-state index contributed by atoms with van der Waals surface area (Å²) in [5, 5.41) is 3.14. The summed E-state index contributed by atoms with van der Waals surface area (Å²) in [5.41, 5.74) is 0. The summed E-state index contributed by atoms with van der Waals surface area (Å²) in [6.45, 7) is 2.10. The zero-order chi connectivity index (χ0) is 5.98. The van der Waals surface area contributed by atoms with E-state index in [4.69, 9.17) is 0 Å². The molecule has 0 saturated heterocycles. The van der Waals surface area contributed by atoms with Crippen molar-refractivity contribution in [1.29, 1.82) is 0 Å². The molecule has 0 aromatic carbocycles. The van der Waals surface area contributed by atoms with E-state index in [9.17, 15) is 0 Å². The van der Waals surface area contributed by atoms with Gasteiger partial charge >= 0.3 is 0 Å². The summed E-state index contributed by atoms with van der Waals surface area (Å²) >= 11 is 3.33. The molecule has 0 amide bonds. The second-order valence-electron chi connectivity index (χ2n) is 1.84. The number of allylic oxidation sites excluding steroid dienone is 2. The number of halogens is 1. The Morgan fingerprint density at radius 3 is 2.88 bits per heavy atom. The lowest BCUT2D eigenvalue weighted by Crippen LogP contribution is -2.19. The lowest BCUT2D eigenvalue weighted by molar-refractivity contribution is 0.760. The van der Waals surface area contributed by atoms with Gasteiger partial charge in [-0.25, -0.2) is 0 Å². The predicted octanol–water partition coefficient (Wildman–Crippen LogP) is 1.77. The number of nitrogens with one attached hydrogen (secondary N) is 1. The highest BCUT2D eigenvalue weighted by atomic mass is 79.9. The Bertz CT molecular complexity index is 137. The smallest absolute Gasteiger partial charge is 0.0414 e. The molecule has 1 aliphatic rings. The highest BCUT2D eigenvalue weighted by molar-refractivity contribution is 9.11. The molecular weight excluding hydrogens is 166 g/mol. The first-order valence-electron chi connectivity index (χ1n) is 2.59. The Kier molecular flexibility index (Phi) is 1.73. The second-order valence-corrected chi connectivity index (χ2v) is 2.76. The third-order valence-electron chi connectivity index (χ3n) is 1.03. The van der Waals surface area contributed by atoms with E-state index in [0.29, 0.717) is 6.04 Å². The summed E-state index contributed by atoms with van der Waals surface area (Å²) in [5.74, 6) is 0. The first-order valence-corrected chi connectivity index (χ1v) is 3.38. The zero-order valence-corrected chi connectivity index (χ0v) is 6.27. The van der Waals surface area contributed by atoms with Gasteiger partial charge in [-0.05, 0) is 28.9 Å². The molecule has 1 nitrogen and oxygen atoms in total. The van der Waals surface area contributed by atoms with Crippen LogP contribution in [0.25, 0.3) is 0 Å². The van der Waals surface area contributed by atoms with E-state index in [2.05, 4.69) is 34.2 Å². The number of hydrogen-bond donors (Lipinski definition) is 1. The molecule has 0 fully saturated rings. The molecular formula is C6H8BrN. The largest absolute Gasteiger partial charge is 0.384 e. The third kappa shape index (κ3) is 1.37. The minimum atomic E-state index is 0.483. The van der Waals surface area contributed by atoms with Crippen molar-refractivity contribution in [2.24, 2.45) is 0 Å². The Balaban J connectivity index is 2.58. The quantitative estimate of drug-likeness (QED) is 0.590. The molecule has 0 radical (unpaired) electrons. The topological polar surface area (TPSA) is 12.0 Å². The molecule has 1 unspecified atom stereocenters. The van der Waals surface area contributed by atoms with Crippen molar-refractivity contribution in [3.63, 3.8) is 0 Å². The Hall–Kier alpha value is -0.240. The molecule has 0 bridgehead atoms. The normalized spacial score (nSPS) is 26.8. The fraction of sp³-hybridized carbons (Fsp3) is 0.333. The average Bonchev–Trinajstić information content (AvgIpc) is 1.77. The van der Waals surface area contributed by atoms with Crippen molar-refractivity contribution >= 4 is 15.9 Å². The van der Waals surface area contributed by atoms with E-state index >= 15 is 0 Å². The first kappa shape index (κ1) is 5.89. The van der Waals surface area contributed by atoms with Crippen molar-refractivity contribution in [3.8, 4) is 0 Å². The van der Waals surface area contributed by atoms with Gasteiger partial charge in [0.1, 0.15) is 0 Å². The van der Waals surface area contributed by atoms with Gasteiger partial charge in [-0.3, -0.25) is 0 Å². The zero-order valence-electron chi connectivity index (χ0n) is 4.69. The number of dihydropyridines is 1. The first-order chi connectivity index (χ1) is 3.79. The van der Waals surface area contributed by atoms with E-state index in [1.165, 1.54) is 0 Å². The molecule has 0 spiro atoms. The summed E-state index contributed by atoms with van der Waals surface area (Å²) < 4.78 is 1.11. The van der Waals surface area contributed by atoms with Gasteiger partial charge in [-0.1, -0.05) is 6.08 Å². The maximum Gasteiger partial charge on any atom is 0.0414 e. The van der Waals surface area contributed by atoms with Crippen molar-refractivity contribution in [2.45, 2.75) is 13.0 Å². The molecule has 2 heteroatoms. The Morgan fingerprint density at radius 2 is 2.50 bits per heavy atom. The van der Waals surface area contributed by atoms with E-state index in [0.717, 1.165) is 4.48 Å². The van der Waals surface area contributed by atoms with Crippen LogP contribution in [0.3, 0.4) is 0 Å². The molecule has 1 rings (SSSR count). The van der Waals surface area contributed by atoms with E-state index in [1.54, 1.807) is 0 Å². The maximum absolute atomic E-state index is 3.33. The Morgan fingerprint density at radius 1 is 1.75 bits per heavy atom. The van der Waals surface area contributed by atoms with Crippen molar-refractivity contribution in [1.82, 2.24) is 5.32 Å². The fourth-order valence-electron chi connectivity index (χ4n) is 0.551. The standard InChI is InChI=1S/C6H8BrN/c1-5-2-3-6(7)4-8-5/h2-5,8H,1H3. The number of rotatable bonds is 0. The van der Waals surface area contributed by atoms with E-state index in [-0.39, 0.29) is 0 Å². The maximum atomic E-state index is 3.33. The molecule has 0 aromatic rings. The van der Waals surface area contributed by atoms with Crippen LogP contribution in [-0.4, -0.2) is 6.04 Å². The van der Waals surface area contributed by atoms with Crippen molar-refractivity contribution in [2.75, 3.05) is 0 Å².